The van der Waals surface area contributed by atoms with Gasteiger partial charge in [0.05, 0.1) is 5.56 Å². The lowest BCUT2D eigenvalue weighted by Crippen LogP contribution is -2.43. The lowest BCUT2D eigenvalue weighted by Gasteiger charge is -2.24. The molecule has 1 fully saturated rings. The van der Waals surface area contributed by atoms with Crippen LogP contribution in [0.25, 0.3) is 0 Å². The summed E-state index contributed by atoms with van der Waals surface area (Å²) in [6.45, 7) is -0.00148. The molecule has 6 nitrogen and oxygen atoms in total. The number of hydrogen-bond acceptors (Lipinski definition) is 5. The van der Waals surface area contributed by atoms with E-state index in [0.717, 1.165) is 18.4 Å². The van der Waals surface area contributed by atoms with Gasteiger partial charge < -0.3 is 4.90 Å². The highest BCUT2D eigenvalue weighted by Gasteiger charge is 2.43. The zero-order valence-electron chi connectivity index (χ0n) is 13.3. The van der Waals surface area contributed by atoms with Gasteiger partial charge in [0.2, 0.25) is 5.91 Å². The Labute approximate surface area is 149 Å². The van der Waals surface area contributed by atoms with Gasteiger partial charge in [-0.25, -0.2) is 12.7 Å². The quantitative estimate of drug-likeness (QED) is 0.801. The monoisotopic (exact) mass is 376 g/mol. The van der Waals surface area contributed by atoms with E-state index in [9.17, 15) is 18.0 Å². The Bertz CT molecular complexity index is 933. The van der Waals surface area contributed by atoms with Gasteiger partial charge in [0.25, 0.3) is 15.9 Å². The van der Waals surface area contributed by atoms with E-state index in [-0.39, 0.29) is 22.4 Å². The molecule has 0 bridgehead atoms. The molecule has 0 saturated heterocycles. The summed E-state index contributed by atoms with van der Waals surface area (Å²) in [7, 11) is -3.95. The predicted octanol–water partition coefficient (Wildman–Crippen LogP) is 2.08. The minimum Gasteiger partial charge on any atom is -0.334 e. The van der Waals surface area contributed by atoms with Gasteiger partial charge in [-0.1, -0.05) is 12.1 Å². The van der Waals surface area contributed by atoms with E-state index in [2.05, 4.69) is 0 Å². The van der Waals surface area contributed by atoms with Gasteiger partial charge in [0.15, 0.2) is 0 Å². The van der Waals surface area contributed by atoms with Gasteiger partial charge in [0.1, 0.15) is 11.4 Å². The van der Waals surface area contributed by atoms with Crippen molar-refractivity contribution >= 4 is 33.2 Å². The van der Waals surface area contributed by atoms with Crippen LogP contribution in [-0.4, -0.2) is 42.0 Å². The van der Waals surface area contributed by atoms with E-state index in [4.69, 9.17) is 0 Å². The first-order valence-corrected chi connectivity index (χ1v) is 10.3. The molecule has 0 atom stereocenters. The summed E-state index contributed by atoms with van der Waals surface area (Å²) in [5.74, 6) is -0.964. The van der Waals surface area contributed by atoms with Crippen molar-refractivity contribution in [3.05, 3.63) is 52.2 Å². The summed E-state index contributed by atoms with van der Waals surface area (Å²) in [4.78, 5) is 26.9. The smallest absolute Gasteiger partial charge is 0.269 e. The largest absolute Gasteiger partial charge is 0.334 e. The number of rotatable bonds is 5. The number of hydrogen-bond donors (Lipinski definition) is 0. The molecule has 4 rings (SSSR count). The molecule has 1 aliphatic carbocycles. The van der Waals surface area contributed by atoms with Crippen molar-refractivity contribution in [2.24, 2.45) is 0 Å². The maximum absolute atomic E-state index is 12.8. The van der Waals surface area contributed by atoms with Crippen LogP contribution in [0.1, 0.15) is 28.8 Å². The standard InChI is InChI=1S/C17H16N2O4S2/c20-16(18(13-5-6-13)9-12-7-8-24-11-12)10-19-17(21)14-3-1-2-4-15(14)25(19,22)23/h1-4,7-8,11,13H,5-6,9-10H2. The van der Waals surface area contributed by atoms with Gasteiger partial charge in [-0.05, 0) is 47.4 Å². The molecule has 0 unspecified atom stereocenters. The summed E-state index contributed by atoms with van der Waals surface area (Å²) in [6, 6.07) is 8.14. The summed E-state index contributed by atoms with van der Waals surface area (Å²) < 4.78 is 25.9. The SMILES string of the molecule is O=C(CN1C(=O)c2ccccc2S1(=O)=O)N(Cc1ccsc1)C1CC1. The van der Waals surface area contributed by atoms with Crippen LogP contribution >= 0.6 is 11.3 Å². The third kappa shape index (κ3) is 2.85. The van der Waals surface area contributed by atoms with E-state index in [1.165, 1.54) is 12.1 Å². The van der Waals surface area contributed by atoms with E-state index in [0.29, 0.717) is 10.8 Å². The number of thiophene rings is 1. The summed E-state index contributed by atoms with van der Waals surface area (Å²) in [6.07, 6.45) is 1.83. The predicted molar refractivity (Wildman–Crippen MR) is 92.6 cm³/mol. The fraction of sp³-hybridized carbons (Fsp3) is 0.294. The average Bonchev–Trinajstić information content (AvgIpc) is 3.27. The third-order valence-electron chi connectivity index (χ3n) is 4.43. The summed E-state index contributed by atoms with van der Waals surface area (Å²) in [5, 5.41) is 3.91. The first kappa shape index (κ1) is 16.3. The first-order valence-electron chi connectivity index (χ1n) is 7.95. The molecular formula is C17H16N2O4S2. The van der Waals surface area contributed by atoms with Crippen LogP contribution in [0.3, 0.4) is 0 Å². The molecule has 1 aliphatic heterocycles. The van der Waals surface area contributed by atoms with Gasteiger partial charge >= 0.3 is 0 Å². The van der Waals surface area contributed by atoms with E-state index in [1.54, 1.807) is 28.4 Å². The van der Waals surface area contributed by atoms with Gasteiger partial charge in [-0.3, -0.25) is 9.59 Å². The summed E-state index contributed by atoms with van der Waals surface area (Å²) in [5.41, 5.74) is 1.15. The van der Waals surface area contributed by atoms with Crippen molar-refractivity contribution < 1.29 is 18.0 Å². The number of amides is 2. The molecule has 0 radical (unpaired) electrons. The Hall–Kier alpha value is -2.19. The number of sulfonamides is 1. The molecular weight excluding hydrogens is 360 g/mol. The minimum absolute atomic E-state index is 0.0244. The molecule has 2 heterocycles. The molecule has 1 aromatic carbocycles. The molecule has 1 aromatic heterocycles. The molecule has 8 heteroatoms. The number of benzene rings is 1. The zero-order valence-corrected chi connectivity index (χ0v) is 14.9. The maximum atomic E-state index is 12.8. The summed E-state index contributed by atoms with van der Waals surface area (Å²) >= 11 is 1.55. The lowest BCUT2D eigenvalue weighted by atomic mass is 10.2. The Morgan fingerprint density at radius 1 is 1.24 bits per heavy atom. The zero-order chi connectivity index (χ0) is 17.6. The Balaban J connectivity index is 1.57. The average molecular weight is 376 g/mol. The van der Waals surface area contributed by atoms with Crippen molar-refractivity contribution in [3.63, 3.8) is 0 Å². The first-order chi connectivity index (χ1) is 12.0. The third-order valence-corrected chi connectivity index (χ3v) is 6.95. The molecule has 130 valence electrons. The molecule has 1 saturated carbocycles. The molecule has 2 amide bonds. The van der Waals surface area contributed by atoms with Crippen LogP contribution in [0, 0.1) is 0 Å². The highest BCUT2D eigenvalue weighted by Crippen LogP contribution is 2.32. The van der Waals surface area contributed by atoms with Crippen molar-refractivity contribution in [3.8, 4) is 0 Å². The highest BCUT2D eigenvalue weighted by atomic mass is 32.2. The number of carbonyl (C=O) groups is 2. The topological polar surface area (TPSA) is 74.8 Å². The molecule has 2 aromatic rings. The van der Waals surface area contributed by atoms with Crippen LogP contribution in [0.5, 0.6) is 0 Å². The second kappa shape index (κ2) is 5.96. The van der Waals surface area contributed by atoms with Gasteiger partial charge in [-0.2, -0.15) is 11.3 Å². The van der Waals surface area contributed by atoms with E-state index >= 15 is 0 Å². The Morgan fingerprint density at radius 3 is 2.64 bits per heavy atom. The fourth-order valence-electron chi connectivity index (χ4n) is 2.99. The molecule has 2 aliphatic rings. The van der Waals surface area contributed by atoms with Crippen molar-refractivity contribution in [1.29, 1.82) is 0 Å². The van der Waals surface area contributed by atoms with Crippen LogP contribution < -0.4 is 0 Å². The second-order valence-electron chi connectivity index (χ2n) is 6.20. The van der Waals surface area contributed by atoms with Gasteiger partial charge in [-0.15, -0.1) is 0 Å². The second-order valence-corrected chi connectivity index (χ2v) is 8.81. The van der Waals surface area contributed by atoms with Crippen LogP contribution in [-0.2, 0) is 21.4 Å². The van der Waals surface area contributed by atoms with Crippen molar-refractivity contribution in [2.45, 2.75) is 30.3 Å². The molecule has 25 heavy (non-hydrogen) atoms. The maximum Gasteiger partial charge on any atom is 0.269 e. The fourth-order valence-corrected chi connectivity index (χ4v) is 5.17. The van der Waals surface area contributed by atoms with E-state index < -0.39 is 22.5 Å². The van der Waals surface area contributed by atoms with E-state index in [1.807, 2.05) is 16.8 Å². The highest BCUT2D eigenvalue weighted by molar-refractivity contribution is 7.90. The molecule has 0 spiro atoms. The van der Waals surface area contributed by atoms with Crippen molar-refractivity contribution in [2.75, 3.05) is 6.54 Å². The number of carbonyl (C=O) groups excluding carboxylic acids is 2. The lowest BCUT2D eigenvalue weighted by molar-refractivity contribution is -0.132. The van der Waals surface area contributed by atoms with Crippen LogP contribution in [0.4, 0.5) is 0 Å². The minimum atomic E-state index is -3.95. The van der Waals surface area contributed by atoms with Gasteiger partial charge in [0, 0.05) is 12.6 Å². The number of fused-ring (bicyclic) bond motifs is 1. The molecule has 0 N–H and O–H groups in total. The van der Waals surface area contributed by atoms with Crippen LogP contribution in [0.15, 0.2) is 46.0 Å². The van der Waals surface area contributed by atoms with Crippen molar-refractivity contribution in [1.82, 2.24) is 9.21 Å². The Morgan fingerprint density at radius 2 is 2.00 bits per heavy atom. The Kier molecular flexibility index (Phi) is 3.88. The van der Waals surface area contributed by atoms with Crippen LogP contribution in [0.2, 0.25) is 0 Å². The number of nitrogens with zero attached hydrogens (tertiary/aromatic N) is 2. The normalized spacial score (nSPS) is 18.2.